The highest BCUT2D eigenvalue weighted by atomic mass is 79.9. The molecule has 0 saturated heterocycles. The minimum absolute atomic E-state index is 0.0347. The lowest BCUT2D eigenvalue weighted by atomic mass is 10.2. The largest absolute Gasteiger partial charge is 0.504 e. The second kappa shape index (κ2) is 13.6. The van der Waals surface area contributed by atoms with Gasteiger partial charge in [-0.05, 0) is 35.4 Å². The summed E-state index contributed by atoms with van der Waals surface area (Å²) in [5.74, 6) is 1.26. The molecule has 0 fully saturated rings. The van der Waals surface area contributed by atoms with Crippen LogP contribution >= 0.6 is 15.9 Å². The quantitative estimate of drug-likeness (QED) is 0.346. The molecule has 0 amide bonds. The maximum absolute atomic E-state index is 8.73. The summed E-state index contributed by atoms with van der Waals surface area (Å²) in [4.78, 5) is 7.55. The minimum Gasteiger partial charge on any atom is -0.504 e. The molecule has 0 unspecified atom stereocenters. The van der Waals surface area contributed by atoms with E-state index in [9.17, 15) is 0 Å². The average Bonchev–Trinajstić information content (AvgIpc) is 2.82. The number of halogens is 1. The summed E-state index contributed by atoms with van der Waals surface area (Å²) in [5, 5.41) is 9.68. The first-order chi connectivity index (χ1) is 15.1. The Labute approximate surface area is 190 Å². The van der Waals surface area contributed by atoms with Crippen molar-refractivity contribution in [2.24, 2.45) is 0 Å². The number of aromatic nitrogens is 2. The number of ether oxygens (including phenoxy) is 1. The van der Waals surface area contributed by atoms with E-state index in [2.05, 4.69) is 38.0 Å². The van der Waals surface area contributed by atoms with Crippen LogP contribution in [0.15, 0.2) is 97.3 Å². The van der Waals surface area contributed by atoms with Crippen LogP contribution in [0.25, 0.3) is 0 Å². The van der Waals surface area contributed by atoms with E-state index in [1.54, 1.807) is 18.3 Å². The van der Waals surface area contributed by atoms with E-state index in [1.165, 1.54) is 17.8 Å². The Bertz CT molecular complexity index is 997. The fourth-order valence-corrected chi connectivity index (χ4v) is 2.61. The monoisotopic (exact) mass is 480 g/mol. The molecule has 2 heterocycles. The summed E-state index contributed by atoms with van der Waals surface area (Å²) >= 11 is 3.36. The predicted octanol–water partition coefficient (Wildman–Crippen LogP) is 5.19. The maximum atomic E-state index is 8.73. The third-order valence-electron chi connectivity index (χ3n) is 3.85. The molecule has 4 aromatic rings. The van der Waals surface area contributed by atoms with Crippen LogP contribution in [0.1, 0.15) is 11.1 Å². The average molecular weight is 481 g/mol. The van der Waals surface area contributed by atoms with Gasteiger partial charge in [0.1, 0.15) is 6.61 Å². The van der Waals surface area contributed by atoms with Crippen LogP contribution in [-0.2, 0) is 11.9 Å². The van der Waals surface area contributed by atoms with E-state index < -0.39 is 0 Å². The van der Waals surface area contributed by atoms with Gasteiger partial charge in [0.25, 0.3) is 0 Å². The molecule has 6 nitrogen and oxygen atoms in total. The predicted molar refractivity (Wildman–Crippen MR) is 129 cm³/mol. The van der Waals surface area contributed by atoms with Gasteiger partial charge < -0.3 is 21.3 Å². The van der Waals surface area contributed by atoms with E-state index in [0.717, 1.165) is 10.9 Å². The second-order valence-electron chi connectivity index (χ2n) is 6.19. The Morgan fingerprint density at radius 3 is 1.71 bits per heavy atom. The number of rotatable bonds is 4. The first-order valence-corrected chi connectivity index (χ1v) is 10.6. The number of aromatic hydroxyl groups is 1. The maximum Gasteiger partial charge on any atom is 0.166 e. The second-order valence-corrected chi connectivity index (χ2v) is 6.75. The number of nitrogens with two attached hydrogens (primary N) is 2. The summed E-state index contributed by atoms with van der Waals surface area (Å²) in [6.07, 6.45) is 3.17. The summed E-state index contributed by atoms with van der Waals surface area (Å²) in [6, 6.07) is 26.9. The van der Waals surface area contributed by atoms with Crippen molar-refractivity contribution in [3.63, 3.8) is 0 Å². The zero-order valence-electron chi connectivity index (χ0n) is 16.9. The molecule has 31 heavy (non-hydrogen) atoms. The molecule has 5 N–H and O–H groups in total. The highest BCUT2D eigenvalue weighted by Crippen LogP contribution is 2.18. The van der Waals surface area contributed by atoms with Crippen molar-refractivity contribution in [1.29, 1.82) is 0 Å². The molecule has 0 aliphatic rings. The number of hydrogen-bond donors (Lipinski definition) is 3. The van der Waals surface area contributed by atoms with Crippen molar-refractivity contribution in [2.45, 2.75) is 11.9 Å². The summed E-state index contributed by atoms with van der Waals surface area (Å²) < 4.78 is 5.54. The molecule has 0 saturated carbocycles. The van der Waals surface area contributed by atoms with Gasteiger partial charge in [-0.1, -0.05) is 76.6 Å². The van der Waals surface area contributed by atoms with Gasteiger partial charge in [0, 0.05) is 17.7 Å². The number of anilines is 2. The Hall–Kier alpha value is -3.58. The van der Waals surface area contributed by atoms with Gasteiger partial charge in [0.05, 0.1) is 0 Å². The molecule has 7 heteroatoms. The number of nitrogens with zero attached hydrogens (tertiary/aromatic N) is 2. The van der Waals surface area contributed by atoms with Crippen molar-refractivity contribution >= 4 is 27.6 Å². The number of hydrogen-bond acceptors (Lipinski definition) is 6. The van der Waals surface area contributed by atoms with Crippen molar-refractivity contribution < 1.29 is 9.84 Å². The van der Waals surface area contributed by atoms with Gasteiger partial charge in [-0.25, -0.2) is 9.97 Å². The van der Waals surface area contributed by atoms with Crippen molar-refractivity contribution in [1.82, 2.24) is 9.97 Å². The van der Waals surface area contributed by atoms with Crippen molar-refractivity contribution in [3.05, 3.63) is 108 Å². The van der Waals surface area contributed by atoms with E-state index >= 15 is 0 Å². The minimum atomic E-state index is 0.0347. The van der Waals surface area contributed by atoms with Crippen molar-refractivity contribution in [3.8, 4) is 11.5 Å². The lowest BCUT2D eigenvalue weighted by molar-refractivity contribution is 0.307. The highest BCUT2D eigenvalue weighted by molar-refractivity contribution is 9.08. The molecular weight excluding hydrogens is 456 g/mol. The van der Waals surface area contributed by atoms with Crippen LogP contribution in [0.3, 0.4) is 0 Å². The van der Waals surface area contributed by atoms with Crippen LogP contribution in [0.4, 0.5) is 11.6 Å². The first kappa shape index (κ1) is 23.7. The van der Waals surface area contributed by atoms with Crippen LogP contribution < -0.4 is 16.2 Å². The van der Waals surface area contributed by atoms with E-state index in [4.69, 9.17) is 21.3 Å². The van der Waals surface area contributed by atoms with E-state index in [-0.39, 0.29) is 11.6 Å². The zero-order valence-corrected chi connectivity index (χ0v) is 18.5. The normalized spacial score (nSPS) is 9.45. The molecule has 2 aromatic carbocycles. The molecule has 0 atom stereocenters. The topological polar surface area (TPSA) is 107 Å². The molecular formula is C24H25BrN4O2. The summed E-state index contributed by atoms with van der Waals surface area (Å²) in [5.41, 5.74) is 13.2. The van der Waals surface area contributed by atoms with Gasteiger partial charge >= 0.3 is 0 Å². The number of pyridine rings is 2. The van der Waals surface area contributed by atoms with Gasteiger partial charge in [-0.15, -0.1) is 0 Å². The lowest BCUT2D eigenvalue weighted by Crippen LogP contribution is -1.99. The fourth-order valence-electron chi connectivity index (χ4n) is 2.24. The van der Waals surface area contributed by atoms with Gasteiger partial charge in [-0.2, -0.15) is 0 Å². The van der Waals surface area contributed by atoms with Gasteiger partial charge in [0.15, 0.2) is 23.1 Å². The van der Waals surface area contributed by atoms with Gasteiger partial charge in [-0.3, -0.25) is 0 Å². The van der Waals surface area contributed by atoms with Crippen molar-refractivity contribution in [2.75, 3.05) is 11.5 Å². The Kier molecular flexibility index (Phi) is 10.4. The first-order valence-electron chi connectivity index (χ1n) is 9.46. The molecule has 2 aromatic heterocycles. The van der Waals surface area contributed by atoms with Crippen LogP contribution in [-0.4, -0.2) is 15.1 Å². The third-order valence-corrected chi connectivity index (χ3v) is 4.50. The Balaban J connectivity index is 0.000000181. The number of benzene rings is 2. The Morgan fingerprint density at radius 1 is 0.710 bits per heavy atom. The molecule has 0 radical (unpaired) electrons. The zero-order chi connectivity index (χ0) is 22.3. The smallest absolute Gasteiger partial charge is 0.166 e. The van der Waals surface area contributed by atoms with Crippen LogP contribution in [0.5, 0.6) is 11.5 Å². The van der Waals surface area contributed by atoms with Crippen LogP contribution in [0, 0.1) is 0 Å². The molecule has 0 spiro atoms. The summed E-state index contributed by atoms with van der Waals surface area (Å²) in [7, 11) is 0. The van der Waals surface area contributed by atoms with E-state index in [1.807, 2.05) is 54.6 Å². The van der Waals surface area contributed by atoms with E-state index in [0.29, 0.717) is 18.2 Å². The molecule has 0 aliphatic heterocycles. The number of nitrogen functional groups attached to an aromatic ring is 2. The van der Waals surface area contributed by atoms with Gasteiger partial charge in [0.2, 0.25) is 0 Å². The standard InChI is InChI=1S/C12H12N2O.C7H7Br.C5H6N2O/c13-12-11(7-4-8-14-12)15-9-10-5-2-1-3-6-10;8-6-7-4-2-1-3-5-7;6-5-4(8)2-1-3-7-5/h1-8H,9H2,(H2,13,14);1-5H,6H2;1-3,8H,(H2,6,7). The molecule has 4 rings (SSSR count). The molecule has 160 valence electrons. The Morgan fingerprint density at radius 2 is 1.26 bits per heavy atom. The van der Waals surface area contributed by atoms with Crippen LogP contribution in [0.2, 0.25) is 0 Å². The highest BCUT2D eigenvalue weighted by Gasteiger charge is 1.99. The molecule has 0 aliphatic carbocycles. The SMILES string of the molecule is BrCc1ccccc1.Nc1ncccc1O.Nc1ncccc1OCc1ccccc1. The third kappa shape index (κ3) is 9.18. The lowest BCUT2D eigenvalue weighted by Gasteiger charge is -2.07. The fraction of sp³-hybridized carbons (Fsp3) is 0.0833. The summed E-state index contributed by atoms with van der Waals surface area (Å²) in [6.45, 7) is 0.511. The number of alkyl halides is 1. The molecule has 0 bridgehead atoms.